The number of benzene rings is 4. The highest BCUT2D eigenvalue weighted by molar-refractivity contribution is 8.00. The van der Waals surface area contributed by atoms with Gasteiger partial charge in [0.1, 0.15) is 6.33 Å². The Hall–Kier alpha value is -3.85. The molecule has 2 N–H and O–H groups in total. The van der Waals surface area contributed by atoms with Gasteiger partial charge in [0.05, 0.1) is 23.3 Å². The zero-order valence-corrected chi connectivity index (χ0v) is 26.0. The van der Waals surface area contributed by atoms with Crippen molar-refractivity contribution in [2.24, 2.45) is 0 Å². The largest absolute Gasteiger partial charge is 0.401 e. The molecular weight excluding hydrogens is 593 g/mol. The monoisotopic (exact) mass is 622 g/mol. The second kappa shape index (κ2) is 11.7. The van der Waals surface area contributed by atoms with Crippen LogP contribution in [-0.2, 0) is 13.0 Å². The number of aromatic nitrogens is 3. The lowest BCUT2D eigenvalue weighted by Crippen LogP contribution is -2.77. The first kappa shape index (κ1) is 28.0. The molecule has 0 amide bonds. The summed E-state index contributed by atoms with van der Waals surface area (Å²) in [7, 11) is -6.86. The molecule has 2 saturated heterocycles. The van der Waals surface area contributed by atoms with Gasteiger partial charge in [-0.05, 0) is 20.7 Å². The van der Waals surface area contributed by atoms with E-state index in [4.69, 9.17) is 18.7 Å². The maximum atomic E-state index is 12.8. The van der Waals surface area contributed by atoms with Gasteiger partial charge in [-0.3, -0.25) is 4.57 Å². The van der Waals surface area contributed by atoms with Gasteiger partial charge >= 0.3 is 22.8 Å². The molecule has 11 heteroatoms. The number of thioether (sulfide) groups is 1. The Morgan fingerprint density at radius 1 is 0.744 bits per heavy atom. The molecule has 216 valence electrons. The van der Waals surface area contributed by atoms with Gasteiger partial charge in [0.2, 0.25) is 5.95 Å². The fourth-order valence-corrected chi connectivity index (χ4v) is 16.4. The summed E-state index contributed by atoms with van der Waals surface area (Å²) < 4.78 is 23.9. The summed E-state index contributed by atoms with van der Waals surface area (Å²) in [6.07, 6.45) is 1.78. The zero-order chi connectivity index (χ0) is 29.3. The number of fused-ring (bicyclic) bond motifs is 1. The normalized spacial score (nSPS) is 22.7. The summed E-state index contributed by atoms with van der Waals surface area (Å²) in [4.78, 5) is 20.8. The summed E-state index contributed by atoms with van der Waals surface area (Å²) in [6.45, 7) is 0.389. The first-order chi connectivity index (χ1) is 21.1. The number of nitrogen functional groups attached to an aromatic ring is 1. The highest BCUT2D eigenvalue weighted by Crippen LogP contribution is 2.45. The van der Waals surface area contributed by atoms with Crippen molar-refractivity contribution < 1.29 is 13.0 Å². The molecule has 0 bridgehead atoms. The number of hydrogen-bond acceptors (Lipinski definition) is 8. The lowest BCUT2D eigenvalue weighted by molar-refractivity contribution is 0.103. The molecule has 2 aliphatic rings. The van der Waals surface area contributed by atoms with E-state index in [1.165, 1.54) is 6.33 Å². The molecule has 3 atom stereocenters. The van der Waals surface area contributed by atoms with Crippen LogP contribution < -0.4 is 32.2 Å². The molecule has 7 rings (SSSR count). The minimum absolute atomic E-state index is 0.0377. The molecule has 0 aliphatic carbocycles. The topological polar surface area (TPSA) is 101 Å². The van der Waals surface area contributed by atoms with Gasteiger partial charge in [-0.15, -0.1) is 11.8 Å². The van der Waals surface area contributed by atoms with E-state index in [0.717, 1.165) is 20.7 Å². The van der Waals surface area contributed by atoms with Crippen LogP contribution in [0.3, 0.4) is 0 Å². The average Bonchev–Trinajstić information content (AvgIpc) is 3.44. The smallest absolute Gasteiger partial charge is 0.399 e. The van der Waals surface area contributed by atoms with Gasteiger partial charge in [0.25, 0.3) is 0 Å². The SMILES string of the molecule is Nc1ncn([C@@H]2C[C@@H]3O[Si](c4ccccc4)(c4ccccc4)O[Si](c4ccccc4)(c4ccccc4)OC[C@H]3S2)c(=O)n1. The Balaban J connectivity index is 1.44. The van der Waals surface area contributed by atoms with Crippen molar-refractivity contribution in [3.05, 3.63) is 138 Å². The van der Waals surface area contributed by atoms with E-state index in [2.05, 4.69) is 58.5 Å². The van der Waals surface area contributed by atoms with Crippen LogP contribution >= 0.6 is 11.8 Å². The van der Waals surface area contributed by atoms with Crippen molar-refractivity contribution in [1.82, 2.24) is 14.5 Å². The zero-order valence-electron chi connectivity index (χ0n) is 23.2. The second-order valence-corrected chi connectivity index (χ2v) is 18.1. The lowest BCUT2D eigenvalue weighted by atomic mass is 10.2. The summed E-state index contributed by atoms with van der Waals surface area (Å²) >= 11 is 1.65. The summed E-state index contributed by atoms with van der Waals surface area (Å²) in [5.74, 6) is -0.0377. The predicted octanol–water partition coefficient (Wildman–Crippen LogP) is 2.17. The second-order valence-electron chi connectivity index (χ2n) is 10.5. The maximum Gasteiger partial charge on any atom is 0.399 e. The van der Waals surface area contributed by atoms with Gasteiger partial charge < -0.3 is 18.7 Å². The first-order valence-electron chi connectivity index (χ1n) is 14.2. The lowest BCUT2D eigenvalue weighted by Gasteiger charge is -2.45. The number of nitrogens with two attached hydrogens (primary N) is 1. The molecule has 0 radical (unpaired) electrons. The van der Waals surface area contributed by atoms with Gasteiger partial charge in [0, 0.05) is 6.42 Å². The summed E-state index contributed by atoms with van der Waals surface area (Å²) in [6, 6.07) is 41.1. The molecule has 1 aromatic heterocycles. The van der Waals surface area contributed by atoms with Crippen molar-refractivity contribution in [2.75, 3.05) is 12.3 Å². The fourth-order valence-electron chi connectivity index (χ4n) is 5.87. The van der Waals surface area contributed by atoms with Crippen molar-refractivity contribution in [2.45, 2.75) is 23.1 Å². The van der Waals surface area contributed by atoms with Gasteiger partial charge in [0.15, 0.2) is 0 Å². The van der Waals surface area contributed by atoms with Crippen molar-refractivity contribution in [1.29, 1.82) is 0 Å². The molecule has 2 aliphatic heterocycles. The Morgan fingerprint density at radius 3 is 1.72 bits per heavy atom. The molecule has 0 unspecified atom stereocenters. The van der Waals surface area contributed by atoms with Gasteiger partial charge in [-0.1, -0.05) is 121 Å². The Kier molecular flexibility index (Phi) is 7.59. The van der Waals surface area contributed by atoms with E-state index in [1.807, 2.05) is 72.8 Å². The number of nitrogens with zero attached hydrogens (tertiary/aromatic N) is 3. The van der Waals surface area contributed by atoms with E-state index < -0.39 is 22.8 Å². The maximum absolute atomic E-state index is 12.8. The van der Waals surface area contributed by atoms with E-state index in [-0.39, 0.29) is 22.7 Å². The van der Waals surface area contributed by atoms with Gasteiger partial charge in [-0.25, -0.2) is 9.78 Å². The number of anilines is 1. The van der Waals surface area contributed by atoms with Crippen LogP contribution in [0.1, 0.15) is 11.8 Å². The standard InChI is InChI=1S/C32H30N4O4SSi2/c33-31-34-23-36(32(37)35-31)30-21-28-29(41-30)22-38-42(24-13-5-1-6-14-24,25-15-7-2-8-16-25)40-43(39-28,26-17-9-3-10-18-26)27-19-11-4-12-20-27/h1-20,23,28-30H,21-22H2,(H2,33,35,37)/t28-,29+,30-/m0/s1. The highest BCUT2D eigenvalue weighted by Gasteiger charge is 2.59. The highest BCUT2D eigenvalue weighted by atomic mass is 32.2. The molecule has 8 nitrogen and oxygen atoms in total. The quantitative estimate of drug-likeness (QED) is 0.298. The molecular formula is C32H30N4O4SSi2. The summed E-state index contributed by atoms with van der Waals surface area (Å²) in [5, 5.41) is 3.69. The van der Waals surface area contributed by atoms with Crippen molar-refractivity contribution >= 4 is 55.6 Å². The molecule has 0 spiro atoms. The Bertz CT molecular complexity index is 1670. The van der Waals surface area contributed by atoms with Crippen LogP contribution in [-0.4, -0.2) is 49.6 Å². The minimum atomic E-state index is -3.47. The van der Waals surface area contributed by atoms with Crippen LogP contribution in [0.5, 0.6) is 0 Å². The van der Waals surface area contributed by atoms with E-state index in [0.29, 0.717) is 13.0 Å². The van der Waals surface area contributed by atoms with Crippen LogP contribution in [0.15, 0.2) is 132 Å². The molecule has 4 aromatic carbocycles. The molecule has 43 heavy (non-hydrogen) atoms. The minimum Gasteiger partial charge on any atom is -0.401 e. The van der Waals surface area contributed by atoms with Crippen LogP contribution in [0.25, 0.3) is 0 Å². The molecule has 2 fully saturated rings. The molecule has 5 aromatic rings. The molecule has 3 heterocycles. The van der Waals surface area contributed by atoms with Gasteiger partial charge in [-0.2, -0.15) is 4.98 Å². The van der Waals surface area contributed by atoms with Crippen LogP contribution in [0.4, 0.5) is 5.95 Å². The summed E-state index contributed by atoms with van der Waals surface area (Å²) in [5.41, 5.74) is 5.27. The van der Waals surface area contributed by atoms with E-state index in [9.17, 15) is 4.79 Å². The van der Waals surface area contributed by atoms with Crippen molar-refractivity contribution in [3.63, 3.8) is 0 Å². The van der Waals surface area contributed by atoms with Crippen molar-refractivity contribution in [3.8, 4) is 0 Å². The Labute approximate surface area is 256 Å². The fraction of sp³-hybridized carbons (Fsp3) is 0.156. The molecule has 0 saturated carbocycles. The van der Waals surface area contributed by atoms with E-state index >= 15 is 0 Å². The van der Waals surface area contributed by atoms with Crippen LogP contribution in [0, 0.1) is 0 Å². The Morgan fingerprint density at radius 2 is 1.23 bits per heavy atom. The number of rotatable bonds is 5. The van der Waals surface area contributed by atoms with E-state index in [1.54, 1.807) is 16.3 Å². The third-order valence-electron chi connectivity index (χ3n) is 7.91. The third kappa shape index (κ3) is 5.18. The predicted molar refractivity (Wildman–Crippen MR) is 173 cm³/mol. The van der Waals surface area contributed by atoms with Crippen LogP contribution in [0.2, 0.25) is 0 Å². The first-order valence-corrected chi connectivity index (χ1v) is 18.8. The average molecular weight is 623 g/mol. The third-order valence-corrected chi connectivity index (χ3v) is 17.3. The number of hydrogen-bond donors (Lipinski definition) is 1.